The summed E-state index contributed by atoms with van der Waals surface area (Å²) < 4.78 is 0. The summed E-state index contributed by atoms with van der Waals surface area (Å²) in [5.74, 6) is -1.02. The normalized spacial score (nSPS) is 28.8. The Labute approximate surface area is 149 Å². The van der Waals surface area contributed by atoms with Gasteiger partial charge >= 0.3 is 0 Å². The average molecular weight is 344 g/mol. The Balaban J connectivity index is 1.52. The summed E-state index contributed by atoms with van der Waals surface area (Å²) in [5, 5.41) is 2.86. The molecule has 25 heavy (non-hydrogen) atoms. The largest absolute Gasteiger partial charge is 0.354 e. The number of imide groups is 1. The molecule has 1 N–H and O–H groups in total. The van der Waals surface area contributed by atoms with Gasteiger partial charge in [-0.1, -0.05) is 30.7 Å². The highest BCUT2D eigenvalue weighted by Gasteiger charge is 2.50. The molecular formula is C20H28N2O3. The predicted octanol–water partition coefficient (Wildman–Crippen LogP) is 2.58. The Bertz CT molecular complexity index is 608. The molecule has 0 aromatic heterocycles. The first kappa shape index (κ1) is 17.9. The molecule has 0 bridgehead atoms. The number of carbonyl (C=O) groups excluding carboxylic acids is 3. The van der Waals surface area contributed by atoms with E-state index in [4.69, 9.17) is 0 Å². The molecule has 3 aliphatic rings. The van der Waals surface area contributed by atoms with Crippen LogP contribution in [0.5, 0.6) is 0 Å². The fourth-order valence-corrected chi connectivity index (χ4v) is 4.30. The van der Waals surface area contributed by atoms with Crippen LogP contribution in [0.2, 0.25) is 0 Å². The van der Waals surface area contributed by atoms with Crippen molar-refractivity contribution in [2.45, 2.75) is 51.9 Å². The second-order valence-electron chi connectivity index (χ2n) is 7.34. The quantitative estimate of drug-likeness (QED) is 0.595. The molecule has 0 spiro atoms. The van der Waals surface area contributed by atoms with E-state index in [1.807, 2.05) is 19.1 Å². The van der Waals surface area contributed by atoms with Crippen LogP contribution in [0, 0.1) is 17.8 Å². The minimum Gasteiger partial charge on any atom is -0.354 e. The van der Waals surface area contributed by atoms with Crippen LogP contribution < -0.4 is 5.32 Å². The van der Waals surface area contributed by atoms with Gasteiger partial charge in [-0.05, 0) is 50.9 Å². The number of nitrogens with one attached hydrogen (secondary N) is 1. The molecule has 1 aliphatic heterocycles. The molecule has 0 unspecified atom stereocenters. The summed E-state index contributed by atoms with van der Waals surface area (Å²) in [5.41, 5.74) is 1.41. The van der Waals surface area contributed by atoms with Gasteiger partial charge in [0.2, 0.25) is 17.7 Å². The van der Waals surface area contributed by atoms with Crippen LogP contribution in [-0.2, 0) is 14.4 Å². The Morgan fingerprint density at radius 1 is 1.28 bits per heavy atom. The van der Waals surface area contributed by atoms with Crippen LogP contribution in [0.1, 0.15) is 51.9 Å². The van der Waals surface area contributed by atoms with Gasteiger partial charge in [-0.15, -0.1) is 0 Å². The van der Waals surface area contributed by atoms with Crippen molar-refractivity contribution in [2.75, 3.05) is 13.1 Å². The van der Waals surface area contributed by atoms with E-state index in [1.165, 1.54) is 23.3 Å². The third-order valence-electron chi connectivity index (χ3n) is 5.73. The molecular weight excluding hydrogens is 316 g/mol. The molecule has 0 aromatic rings. The molecule has 2 aliphatic carbocycles. The molecule has 5 heteroatoms. The first-order chi connectivity index (χ1) is 12.1. The van der Waals surface area contributed by atoms with Gasteiger partial charge in [0.25, 0.3) is 0 Å². The Morgan fingerprint density at radius 2 is 2.12 bits per heavy atom. The van der Waals surface area contributed by atoms with Crippen LogP contribution in [0.25, 0.3) is 0 Å². The Hall–Kier alpha value is -1.91. The lowest BCUT2D eigenvalue weighted by Gasteiger charge is -2.24. The number of carbonyl (C=O) groups is 3. The van der Waals surface area contributed by atoms with Gasteiger partial charge in [-0.2, -0.15) is 0 Å². The third-order valence-corrected chi connectivity index (χ3v) is 5.73. The van der Waals surface area contributed by atoms with Crippen LogP contribution >= 0.6 is 0 Å². The van der Waals surface area contributed by atoms with Gasteiger partial charge in [0.05, 0.1) is 11.8 Å². The SMILES string of the molecule is CC[C@H]1C=CC[C@@H]2C(=O)N(CC(=O)NCCC3=CCCCC3)C(=O)[C@H]12. The van der Waals surface area contributed by atoms with Crippen LogP contribution in [0.15, 0.2) is 23.8 Å². The fraction of sp³-hybridized carbons (Fsp3) is 0.650. The third kappa shape index (κ3) is 3.86. The highest BCUT2D eigenvalue weighted by atomic mass is 16.2. The summed E-state index contributed by atoms with van der Waals surface area (Å²) in [7, 11) is 0. The lowest BCUT2D eigenvalue weighted by atomic mass is 9.76. The maximum atomic E-state index is 12.7. The van der Waals surface area contributed by atoms with E-state index in [9.17, 15) is 14.4 Å². The number of likely N-dealkylation sites (tertiary alicyclic amines) is 1. The van der Waals surface area contributed by atoms with E-state index in [2.05, 4.69) is 11.4 Å². The zero-order chi connectivity index (χ0) is 17.8. The lowest BCUT2D eigenvalue weighted by Crippen LogP contribution is -2.41. The van der Waals surface area contributed by atoms with Crippen molar-refractivity contribution in [2.24, 2.45) is 17.8 Å². The highest BCUT2D eigenvalue weighted by molar-refractivity contribution is 6.07. The van der Waals surface area contributed by atoms with Gasteiger partial charge in [0, 0.05) is 6.54 Å². The second-order valence-corrected chi connectivity index (χ2v) is 7.34. The minimum atomic E-state index is -0.275. The topological polar surface area (TPSA) is 66.5 Å². The second kappa shape index (κ2) is 7.98. The van der Waals surface area contributed by atoms with Gasteiger partial charge in [-0.3, -0.25) is 19.3 Å². The molecule has 3 rings (SSSR count). The summed E-state index contributed by atoms with van der Waals surface area (Å²) in [6.07, 6.45) is 13.4. The molecule has 3 amide bonds. The van der Waals surface area contributed by atoms with Gasteiger partial charge in [-0.25, -0.2) is 0 Å². The summed E-state index contributed by atoms with van der Waals surface area (Å²) in [6.45, 7) is 2.47. The molecule has 136 valence electrons. The van der Waals surface area contributed by atoms with Crippen molar-refractivity contribution in [3.8, 4) is 0 Å². The molecule has 1 saturated heterocycles. The molecule has 0 saturated carbocycles. The van der Waals surface area contributed by atoms with Crippen molar-refractivity contribution < 1.29 is 14.4 Å². The van der Waals surface area contributed by atoms with Gasteiger partial charge < -0.3 is 5.32 Å². The molecule has 0 aromatic carbocycles. The van der Waals surface area contributed by atoms with Crippen LogP contribution in [0.4, 0.5) is 0 Å². The number of nitrogens with zero attached hydrogens (tertiary/aromatic N) is 1. The lowest BCUT2D eigenvalue weighted by molar-refractivity contribution is -0.143. The summed E-state index contributed by atoms with van der Waals surface area (Å²) >= 11 is 0. The number of hydrogen-bond acceptors (Lipinski definition) is 3. The number of amides is 3. The number of rotatable bonds is 6. The average Bonchev–Trinajstić information content (AvgIpc) is 2.87. The smallest absolute Gasteiger partial charge is 0.240 e. The van der Waals surface area contributed by atoms with Crippen molar-refractivity contribution in [3.63, 3.8) is 0 Å². The molecule has 1 fully saturated rings. The summed E-state index contributed by atoms with van der Waals surface area (Å²) in [6, 6.07) is 0. The first-order valence-electron chi connectivity index (χ1n) is 9.58. The Kier molecular flexibility index (Phi) is 5.71. The van der Waals surface area contributed by atoms with E-state index in [0.29, 0.717) is 13.0 Å². The number of fused-ring (bicyclic) bond motifs is 1. The van der Waals surface area contributed by atoms with Gasteiger partial charge in [0.1, 0.15) is 6.54 Å². The minimum absolute atomic E-state index is 0.112. The maximum absolute atomic E-state index is 12.7. The van der Waals surface area contributed by atoms with Crippen LogP contribution in [-0.4, -0.2) is 35.7 Å². The number of allylic oxidation sites excluding steroid dienone is 3. The predicted molar refractivity (Wildman–Crippen MR) is 95.4 cm³/mol. The molecule has 0 radical (unpaired) electrons. The fourth-order valence-electron chi connectivity index (χ4n) is 4.30. The van der Waals surface area contributed by atoms with Crippen molar-refractivity contribution in [3.05, 3.63) is 23.8 Å². The van der Waals surface area contributed by atoms with Crippen LogP contribution in [0.3, 0.4) is 0 Å². The van der Waals surface area contributed by atoms with Gasteiger partial charge in [0.15, 0.2) is 0 Å². The number of hydrogen-bond donors (Lipinski definition) is 1. The zero-order valence-electron chi connectivity index (χ0n) is 15.0. The summed E-state index contributed by atoms with van der Waals surface area (Å²) in [4.78, 5) is 38.6. The molecule has 3 atom stereocenters. The van der Waals surface area contributed by atoms with Crippen molar-refractivity contribution in [1.29, 1.82) is 0 Å². The van der Waals surface area contributed by atoms with E-state index in [1.54, 1.807) is 0 Å². The molecule has 1 heterocycles. The van der Waals surface area contributed by atoms with E-state index in [0.717, 1.165) is 25.7 Å². The van der Waals surface area contributed by atoms with Crippen molar-refractivity contribution >= 4 is 17.7 Å². The standard InChI is InChI=1S/C20H28N2O3/c1-2-15-9-6-10-16-18(15)20(25)22(19(16)24)13-17(23)21-12-11-14-7-4-3-5-8-14/h6-7,9,15-16,18H,2-5,8,10-13H2,1H3,(H,21,23)/t15-,16-,18+/m0/s1. The zero-order valence-corrected chi connectivity index (χ0v) is 15.0. The van der Waals surface area contributed by atoms with Crippen molar-refractivity contribution in [1.82, 2.24) is 10.2 Å². The highest BCUT2D eigenvalue weighted by Crippen LogP contribution is 2.39. The maximum Gasteiger partial charge on any atom is 0.240 e. The van der Waals surface area contributed by atoms with E-state index >= 15 is 0 Å². The monoisotopic (exact) mass is 344 g/mol. The molecule has 5 nitrogen and oxygen atoms in total. The van der Waals surface area contributed by atoms with E-state index in [-0.39, 0.29) is 42.0 Å². The first-order valence-corrected chi connectivity index (χ1v) is 9.58. The Morgan fingerprint density at radius 3 is 2.84 bits per heavy atom. The van der Waals surface area contributed by atoms with E-state index < -0.39 is 0 Å².